The van der Waals surface area contributed by atoms with Crippen molar-refractivity contribution in [2.45, 2.75) is 68.9 Å². The number of hydrogen-bond acceptors (Lipinski definition) is 9. The van der Waals surface area contributed by atoms with Crippen molar-refractivity contribution in [3.05, 3.63) is 47.2 Å². The van der Waals surface area contributed by atoms with E-state index in [2.05, 4.69) is 27.1 Å². The smallest absolute Gasteiger partial charge is 0.259 e. The van der Waals surface area contributed by atoms with E-state index < -0.39 is 11.8 Å². The van der Waals surface area contributed by atoms with Crippen LogP contribution < -0.4 is 5.32 Å². The number of likely N-dealkylation sites (N-methyl/N-ethyl adjacent to an activating group) is 1. The zero-order valence-electron chi connectivity index (χ0n) is 26.2. The highest BCUT2D eigenvalue weighted by atomic mass is 16.5. The van der Waals surface area contributed by atoms with Gasteiger partial charge in [0, 0.05) is 80.4 Å². The van der Waals surface area contributed by atoms with Gasteiger partial charge in [0.05, 0.1) is 29.9 Å². The molecule has 1 aromatic rings. The minimum atomic E-state index is -0.423. The van der Waals surface area contributed by atoms with E-state index in [0.29, 0.717) is 43.5 Å². The van der Waals surface area contributed by atoms with Gasteiger partial charge in [-0.1, -0.05) is 24.3 Å². The summed E-state index contributed by atoms with van der Waals surface area (Å²) < 4.78 is 6.99. The van der Waals surface area contributed by atoms with E-state index in [1.807, 2.05) is 23.2 Å². The largest absolute Gasteiger partial charge is 0.369 e. The maximum atomic E-state index is 14.1. The second-order valence-corrected chi connectivity index (χ2v) is 14.4. The Labute approximate surface area is 265 Å². The van der Waals surface area contributed by atoms with Crippen molar-refractivity contribution < 1.29 is 23.9 Å². The highest BCUT2D eigenvalue weighted by Crippen LogP contribution is 2.49. The zero-order valence-corrected chi connectivity index (χ0v) is 26.2. The number of amides is 1. The number of hydrogen-bond donors (Lipinski definition) is 1. The molecule has 8 rings (SSSR count). The Morgan fingerprint density at radius 3 is 2.27 bits per heavy atom. The van der Waals surface area contributed by atoms with Crippen LogP contribution in [0.25, 0.3) is 0 Å². The molecule has 8 unspecified atom stereocenters. The van der Waals surface area contributed by atoms with Crippen LogP contribution in [0.4, 0.5) is 0 Å². The van der Waals surface area contributed by atoms with Crippen LogP contribution in [0.3, 0.4) is 0 Å². The van der Waals surface area contributed by atoms with E-state index >= 15 is 0 Å². The Bertz CT molecular complexity index is 1410. The van der Waals surface area contributed by atoms with Crippen LogP contribution in [0.1, 0.15) is 59.2 Å². The number of Topliss-reactive ketones (excluding diaryl/α,β-unsaturated/α-hetero) is 3. The van der Waals surface area contributed by atoms with Gasteiger partial charge in [-0.15, -0.1) is 0 Å². The molecule has 5 fully saturated rings. The van der Waals surface area contributed by atoms with Crippen molar-refractivity contribution in [3.8, 4) is 0 Å². The number of piperazine rings is 1. The number of carbonyl (C=O) groups is 4. The molecule has 3 saturated heterocycles. The number of nitrogens with zero attached hydrogens (tertiary/aromatic N) is 4. The van der Waals surface area contributed by atoms with Gasteiger partial charge < -0.3 is 29.7 Å². The molecule has 2 saturated carbocycles. The molecule has 1 amide bonds. The predicted molar refractivity (Wildman–Crippen MR) is 167 cm³/mol. The van der Waals surface area contributed by atoms with Gasteiger partial charge in [-0.2, -0.15) is 0 Å². The average Bonchev–Trinajstić information content (AvgIpc) is 3.58. The normalized spacial score (nSPS) is 36.6. The quantitative estimate of drug-likeness (QED) is 0.495. The summed E-state index contributed by atoms with van der Waals surface area (Å²) in [6.45, 7) is 6.94. The molecule has 8 atom stereocenters. The second kappa shape index (κ2) is 11.7. The highest BCUT2D eigenvalue weighted by molar-refractivity contribution is 6.20. The summed E-state index contributed by atoms with van der Waals surface area (Å²) >= 11 is 0. The minimum Gasteiger partial charge on any atom is -0.369 e. The molecule has 1 N–H and O–H groups in total. The van der Waals surface area contributed by atoms with Crippen LogP contribution in [0.5, 0.6) is 0 Å². The van der Waals surface area contributed by atoms with E-state index in [9.17, 15) is 19.2 Å². The standard InChI is InChI=1S/C35H45N5O5/c1-37-14-16-39(17-15-37)35(44)26-20-40-28-18-24-25(32(42)22-7-3-2-6-21(22)31(24)41)19-29(28)45-34-27(9-8-23(30(34)40)33(26)43)36-10-13-38-11-4-5-12-38/h2-3,6-7,20,23-25,27-30,34,36H,4-5,8-19H2,1H3. The summed E-state index contributed by atoms with van der Waals surface area (Å²) in [4.78, 5) is 64.3. The third-order valence-electron chi connectivity index (χ3n) is 12.0. The first-order valence-corrected chi connectivity index (χ1v) is 17.2. The van der Waals surface area contributed by atoms with Crippen molar-refractivity contribution in [2.24, 2.45) is 17.8 Å². The summed E-state index contributed by atoms with van der Waals surface area (Å²) in [6.07, 6.45) is 6.32. The van der Waals surface area contributed by atoms with E-state index in [1.165, 1.54) is 12.8 Å². The monoisotopic (exact) mass is 615 g/mol. The summed E-state index contributed by atoms with van der Waals surface area (Å²) in [5.74, 6) is -1.33. The van der Waals surface area contributed by atoms with Gasteiger partial charge in [-0.3, -0.25) is 19.2 Å². The van der Waals surface area contributed by atoms with Crippen molar-refractivity contribution in [1.82, 2.24) is 24.9 Å². The van der Waals surface area contributed by atoms with Gasteiger partial charge in [0.2, 0.25) is 0 Å². The molecule has 0 bridgehead atoms. The highest BCUT2D eigenvalue weighted by Gasteiger charge is 2.59. The van der Waals surface area contributed by atoms with Gasteiger partial charge in [-0.05, 0) is 58.7 Å². The molecule has 1 aromatic carbocycles. The van der Waals surface area contributed by atoms with Crippen molar-refractivity contribution in [2.75, 3.05) is 59.4 Å². The van der Waals surface area contributed by atoms with Crippen molar-refractivity contribution in [3.63, 3.8) is 0 Å². The lowest BCUT2D eigenvalue weighted by atomic mass is 9.63. The zero-order chi connectivity index (χ0) is 30.8. The number of ether oxygens (including phenoxy) is 1. The number of likely N-dealkylation sites (tertiary alicyclic amines) is 1. The van der Waals surface area contributed by atoms with Gasteiger partial charge in [0.25, 0.3) is 5.91 Å². The summed E-state index contributed by atoms with van der Waals surface area (Å²) in [5.41, 5.74) is 1.32. The fourth-order valence-electron chi connectivity index (χ4n) is 9.49. The molecule has 7 aliphatic rings. The Hall–Kier alpha value is -2.92. The molecule has 0 radical (unpaired) electrons. The molecule has 0 spiro atoms. The molecular formula is C35H45N5O5. The first-order valence-electron chi connectivity index (χ1n) is 17.2. The lowest BCUT2D eigenvalue weighted by Crippen LogP contribution is -2.72. The lowest BCUT2D eigenvalue weighted by Gasteiger charge is -2.60. The minimum absolute atomic E-state index is 0.0308. The topological polar surface area (TPSA) is 102 Å². The number of benzene rings is 1. The Balaban J connectivity index is 1.11. The molecule has 10 heteroatoms. The van der Waals surface area contributed by atoms with Crippen LogP contribution in [0.2, 0.25) is 0 Å². The number of morpholine rings is 1. The van der Waals surface area contributed by atoms with Crippen molar-refractivity contribution in [1.29, 1.82) is 0 Å². The van der Waals surface area contributed by atoms with E-state index in [1.54, 1.807) is 12.1 Å². The fourth-order valence-corrected chi connectivity index (χ4v) is 9.49. The Morgan fingerprint density at radius 1 is 0.867 bits per heavy atom. The summed E-state index contributed by atoms with van der Waals surface area (Å²) in [6, 6.07) is 6.90. The first-order chi connectivity index (χ1) is 21.9. The Morgan fingerprint density at radius 2 is 1.56 bits per heavy atom. The molecule has 4 aliphatic heterocycles. The molecule has 10 nitrogen and oxygen atoms in total. The van der Waals surface area contributed by atoms with E-state index in [0.717, 1.165) is 45.7 Å². The van der Waals surface area contributed by atoms with Crippen LogP contribution >= 0.6 is 0 Å². The van der Waals surface area contributed by atoms with Gasteiger partial charge in [0.15, 0.2) is 17.3 Å². The second-order valence-electron chi connectivity index (χ2n) is 14.4. The Kier molecular flexibility index (Phi) is 7.67. The van der Waals surface area contributed by atoms with Gasteiger partial charge in [-0.25, -0.2) is 0 Å². The molecule has 0 aromatic heterocycles. The summed E-state index contributed by atoms with van der Waals surface area (Å²) in [5, 5.41) is 3.80. The molecule has 4 heterocycles. The fraction of sp³-hybridized carbons (Fsp3) is 0.657. The average molecular weight is 616 g/mol. The number of carbonyl (C=O) groups excluding carboxylic acids is 4. The predicted octanol–water partition coefficient (Wildman–Crippen LogP) is 1.60. The van der Waals surface area contributed by atoms with Gasteiger partial charge in [0.1, 0.15) is 0 Å². The first kappa shape index (κ1) is 29.5. The van der Waals surface area contributed by atoms with Crippen LogP contribution in [0, 0.1) is 17.8 Å². The van der Waals surface area contributed by atoms with Crippen molar-refractivity contribution >= 4 is 23.3 Å². The molecule has 240 valence electrons. The SMILES string of the molecule is CN1CCN(C(=O)C2=CN3C4CC5C(=O)c6ccccc6C(=O)C5CC4OC4C(NCCN5CCCC5)CCC(C2=O)C43)CC1. The maximum Gasteiger partial charge on any atom is 0.259 e. The maximum absolute atomic E-state index is 14.1. The molecule has 45 heavy (non-hydrogen) atoms. The van der Waals surface area contributed by atoms with E-state index in [-0.39, 0.29) is 65.1 Å². The molecular weight excluding hydrogens is 570 g/mol. The third kappa shape index (κ3) is 4.99. The number of rotatable bonds is 5. The number of nitrogens with one attached hydrogen (secondary N) is 1. The van der Waals surface area contributed by atoms with Crippen LogP contribution in [-0.4, -0.2) is 133 Å². The van der Waals surface area contributed by atoms with Crippen LogP contribution in [-0.2, 0) is 14.3 Å². The third-order valence-corrected chi connectivity index (χ3v) is 12.0. The van der Waals surface area contributed by atoms with E-state index in [4.69, 9.17) is 4.74 Å². The van der Waals surface area contributed by atoms with Crippen LogP contribution in [0.15, 0.2) is 36.0 Å². The number of fused-ring (bicyclic) bond motifs is 4. The number of ketones is 3. The van der Waals surface area contributed by atoms with Gasteiger partial charge >= 0.3 is 0 Å². The summed E-state index contributed by atoms with van der Waals surface area (Å²) in [7, 11) is 2.05. The molecule has 3 aliphatic carbocycles. The lowest BCUT2D eigenvalue weighted by molar-refractivity contribution is -0.194.